The van der Waals surface area contributed by atoms with Gasteiger partial charge in [0.1, 0.15) is 12.4 Å². The van der Waals surface area contributed by atoms with Crippen LogP contribution in [0, 0.1) is 0 Å². The number of fused-ring (bicyclic) bond motifs is 1. The third kappa shape index (κ3) is 5.88. The Labute approximate surface area is 194 Å². The topological polar surface area (TPSA) is 67.2 Å². The number of halogens is 1. The van der Waals surface area contributed by atoms with Gasteiger partial charge in [-0.3, -0.25) is 9.59 Å². The summed E-state index contributed by atoms with van der Waals surface area (Å²) in [5.74, 6) is 0.904. The third-order valence-corrected chi connectivity index (χ3v) is 5.95. The lowest BCUT2D eigenvalue weighted by Crippen LogP contribution is -2.33. The SMILES string of the molecule is CCN(CC)C(=O)Cn1c(CCCCCNC(=O)c2ccccc2Cl)nc2ccccc21. The van der Waals surface area contributed by atoms with Crippen LogP contribution in [0.1, 0.15) is 49.3 Å². The van der Waals surface area contributed by atoms with Crippen LogP contribution in [0.4, 0.5) is 0 Å². The van der Waals surface area contributed by atoms with E-state index >= 15 is 0 Å². The number of rotatable bonds is 11. The van der Waals surface area contributed by atoms with Crippen LogP contribution in [0.25, 0.3) is 11.0 Å². The molecular weight excluding hydrogens is 424 g/mol. The first-order valence-corrected chi connectivity index (χ1v) is 11.7. The molecule has 1 heterocycles. The van der Waals surface area contributed by atoms with Gasteiger partial charge in [-0.25, -0.2) is 4.98 Å². The molecule has 0 aliphatic carbocycles. The second-order valence-electron chi connectivity index (χ2n) is 7.72. The Hall–Kier alpha value is -2.86. The Morgan fingerprint density at radius 1 is 1.00 bits per heavy atom. The predicted octanol–water partition coefficient (Wildman–Crippen LogP) is 4.70. The minimum atomic E-state index is -0.146. The maximum absolute atomic E-state index is 12.7. The van der Waals surface area contributed by atoms with Crippen LogP contribution >= 0.6 is 11.6 Å². The number of aromatic nitrogens is 2. The van der Waals surface area contributed by atoms with E-state index in [1.54, 1.807) is 18.2 Å². The maximum atomic E-state index is 12.7. The molecule has 0 bridgehead atoms. The summed E-state index contributed by atoms with van der Waals surface area (Å²) in [6, 6.07) is 15.0. The Morgan fingerprint density at radius 2 is 1.72 bits per heavy atom. The fraction of sp³-hybridized carbons (Fsp3) is 0.400. The average Bonchev–Trinajstić information content (AvgIpc) is 3.14. The number of aryl methyl sites for hydroxylation is 1. The van der Waals surface area contributed by atoms with Gasteiger partial charge in [-0.2, -0.15) is 0 Å². The number of imidazole rings is 1. The molecule has 2 amide bonds. The summed E-state index contributed by atoms with van der Waals surface area (Å²) in [7, 11) is 0. The molecule has 7 heteroatoms. The average molecular weight is 455 g/mol. The van der Waals surface area contributed by atoms with Gasteiger partial charge in [-0.1, -0.05) is 42.3 Å². The summed E-state index contributed by atoms with van der Waals surface area (Å²) in [6.45, 7) is 6.32. The molecule has 6 nitrogen and oxygen atoms in total. The summed E-state index contributed by atoms with van der Waals surface area (Å²) in [6.07, 6.45) is 3.55. The molecule has 0 spiro atoms. The number of benzene rings is 2. The molecule has 1 aromatic heterocycles. The first-order chi connectivity index (χ1) is 15.5. The van der Waals surface area contributed by atoms with Gasteiger partial charge in [0.2, 0.25) is 5.91 Å². The van der Waals surface area contributed by atoms with E-state index in [1.165, 1.54) is 0 Å². The highest BCUT2D eigenvalue weighted by Crippen LogP contribution is 2.18. The quantitative estimate of drug-likeness (QED) is 0.427. The fourth-order valence-electron chi connectivity index (χ4n) is 3.83. The molecule has 0 aliphatic heterocycles. The molecule has 0 fully saturated rings. The van der Waals surface area contributed by atoms with Gasteiger partial charge in [0.25, 0.3) is 5.91 Å². The Balaban J connectivity index is 1.54. The van der Waals surface area contributed by atoms with Gasteiger partial charge < -0.3 is 14.8 Å². The van der Waals surface area contributed by atoms with Crippen molar-refractivity contribution >= 4 is 34.4 Å². The van der Waals surface area contributed by atoms with Gasteiger partial charge in [-0.05, 0) is 51.0 Å². The van der Waals surface area contributed by atoms with Crippen molar-refractivity contribution in [1.82, 2.24) is 19.8 Å². The number of hydrogen-bond acceptors (Lipinski definition) is 3. The molecule has 3 rings (SSSR count). The Bertz CT molecular complexity index is 1060. The van der Waals surface area contributed by atoms with Crippen LogP contribution in [0.2, 0.25) is 5.02 Å². The maximum Gasteiger partial charge on any atom is 0.252 e. The number of likely N-dealkylation sites (N-methyl/N-ethyl adjacent to an activating group) is 1. The minimum absolute atomic E-state index is 0.113. The van der Waals surface area contributed by atoms with Crippen molar-refractivity contribution < 1.29 is 9.59 Å². The molecule has 1 N–H and O–H groups in total. The summed E-state index contributed by atoms with van der Waals surface area (Å²) in [5, 5.41) is 3.39. The molecule has 170 valence electrons. The molecule has 32 heavy (non-hydrogen) atoms. The second kappa shape index (κ2) is 11.7. The molecule has 0 radical (unpaired) electrons. The van der Waals surface area contributed by atoms with Crippen LogP contribution in [-0.4, -0.2) is 45.9 Å². The van der Waals surface area contributed by atoms with Crippen molar-refractivity contribution in [2.24, 2.45) is 0 Å². The molecule has 0 saturated heterocycles. The zero-order valence-electron chi connectivity index (χ0n) is 18.8. The van der Waals surface area contributed by atoms with E-state index in [2.05, 4.69) is 9.88 Å². The van der Waals surface area contributed by atoms with Gasteiger partial charge in [-0.15, -0.1) is 0 Å². The van der Waals surface area contributed by atoms with Crippen LogP contribution in [0.3, 0.4) is 0 Å². The number of nitrogens with zero attached hydrogens (tertiary/aromatic N) is 3. The van der Waals surface area contributed by atoms with E-state index in [1.807, 2.05) is 49.1 Å². The zero-order chi connectivity index (χ0) is 22.9. The van der Waals surface area contributed by atoms with Crippen molar-refractivity contribution in [2.45, 2.75) is 46.1 Å². The molecule has 3 aromatic rings. The number of carbonyl (C=O) groups is 2. The number of nitrogens with one attached hydrogen (secondary N) is 1. The monoisotopic (exact) mass is 454 g/mol. The highest BCUT2D eigenvalue weighted by molar-refractivity contribution is 6.33. The number of amides is 2. The first-order valence-electron chi connectivity index (χ1n) is 11.3. The second-order valence-corrected chi connectivity index (χ2v) is 8.12. The minimum Gasteiger partial charge on any atom is -0.352 e. The first kappa shape index (κ1) is 23.8. The summed E-state index contributed by atoms with van der Waals surface area (Å²) < 4.78 is 2.05. The van der Waals surface area contributed by atoms with Gasteiger partial charge in [0.05, 0.1) is 21.6 Å². The van der Waals surface area contributed by atoms with E-state index in [0.717, 1.165) is 42.5 Å². The van der Waals surface area contributed by atoms with E-state index in [0.29, 0.717) is 36.8 Å². The third-order valence-electron chi connectivity index (χ3n) is 5.62. The fourth-order valence-corrected chi connectivity index (χ4v) is 4.05. The summed E-state index contributed by atoms with van der Waals surface area (Å²) in [5.41, 5.74) is 2.41. The lowest BCUT2D eigenvalue weighted by Gasteiger charge is -2.20. The molecule has 0 unspecified atom stereocenters. The number of hydrogen-bond donors (Lipinski definition) is 1. The molecule has 2 aromatic carbocycles. The van der Waals surface area contributed by atoms with E-state index in [-0.39, 0.29) is 11.8 Å². The van der Waals surface area contributed by atoms with Crippen molar-refractivity contribution in [3.8, 4) is 0 Å². The lowest BCUT2D eigenvalue weighted by atomic mass is 10.1. The zero-order valence-corrected chi connectivity index (χ0v) is 19.6. The Morgan fingerprint density at radius 3 is 2.47 bits per heavy atom. The standard InChI is InChI=1S/C25H31ClN4O2/c1-3-29(4-2)24(31)18-30-22-15-10-9-14-21(22)28-23(30)16-6-5-11-17-27-25(32)19-12-7-8-13-20(19)26/h7-10,12-15H,3-6,11,16-18H2,1-2H3,(H,27,32). The van der Waals surface area contributed by atoms with Gasteiger partial charge in [0, 0.05) is 26.1 Å². The van der Waals surface area contributed by atoms with Crippen molar-refractivity contribution in [2.75, 3.05) is 19.6 Å². The molecule has 0 atom stereocenters. The van der Waals surface area contributed by atoms with Crippen molar-refractivity contribution in [1.29, 1.82) is 0 Å². The van der Waals surface area contributed by atoms with E-state index in [9.17, 15) is 9.59 Å². The van der Waals surface area contributed by atoms with Crippen LogP contribution in [0.15, 0.2) is 48.5 Å². The molecule has 0 aliphatic rings. The lowest BCUT2D eigenvalue weighted by molar-refractivity contribution is -0.131. The van der Waals surface area contributed by atoms with Crippen molar-refractivity contribution in [3.05, 3.63) is 64.9 Å². The summed E-state index contributed by atoms with van der Waals surface area (Å²) >= 11 is 6.07. The highest BCUT2D eigenvalue weighted by atomic mass is 35.5. The highest BCUT2D eigenvalue weighted by Gasteiger charge is 2.16. The van der Waals surface area contributed by atoms with Gasteiger partial charge >= 0.3 is 0 Å². The Kier molecular flexibility index (Phi) is 8.68. The number of carbonyl (C=O) groups excluding carboxylic acids is 2. The van der Waals surface area contributed by atoms with Crippen molar-refractivity contribution in [3.63, 3.8) is 0 Å². The van der Waals surface area contributed by atoms with Crippen LogP contribution < -0.4 is 5.32 Å². The smallest absolute Gasteiger partial charge is 0.252 e. The van der Waals surface area contributed by atoms with E-state index < -0.39 is 0 Å². The van der Waals surface area contributed by atoms with Crippen LogP contribution in [0.5, 0.6) is 0 Å². The predicted molar refractivity (Wildman–Crippen MR) is 129 cm³/mol. The number of unbranched alkanes of at least 4 members (excludes halogenated alkanes) is 2. The van der Waals surface area contributed by atoms with Gasteiger partial charge in [0.15, 0.2) is 0 Å². The number of para-hydroxylation sites is 2. The largest absolute Gasteiger partial charge is 0.352 e. The van der Waals surface area contributed by atoms with E-state index in [4.69, 9.17) is 16.6 Å². The molecule has 0 saturated carbocycles. The summed E-state index contributed by atoms with van der Waals surface area (Å²) in [4.78, 5) is 31.6. The van der Waals surface area contributed by atoms with Crippen LogP contribution in [-0.2, 0) is 17.8 Å². The normalized spacial score (nSPS) is 11.0. The molecular formula is C25H31ClN4O2.